The van der Waals surface area contributed by atoms with Gasteiger partial charge in [0.15, 0.2) is 0 Å². The summed E-state index contributed by atoms with van der Waals surface area (Å²) in [6.07, 6.45) is 4.54. The number of anilines is 1. The highest BCUT2D eigenvalue weighted by atomic mass is 35.5. The molecule has 0 amide bonds. The number of aryl methyl sites for hydroxylation is 1. The second-order valence-corrected chi connectivity index (χ2v) is 6.84. The van der Waals surface area contributed by atoms with Crippen molar-refractivity contribution in [1.82, 2.24) is 20.3 Å². The van der Waals surface area contributed by atoms with Crippen LogP contribution in [0.4, 0.5) is 5.82 Å². The van der Waals surface area contributed by atoms with E-state index in [1.54, 1.807) is 6.92 Å². The number of aromatic nitrogens is 3. The first-order valence-electron chi connectivity index (χ1n) is 8.57. The molecular weight excluding hydrogens is 348 g/mol. The Labute approximate surface area is 158 Å². The fourth-order valence-electron chi connectivity index (χ4n) is 3.19. The maximum atomic E-state index is 8.00. The summed E-state index contributed by atoms with van der Waals surface area (Å²) in [5, 5.41) is 11.3. The highest BCUT2D eigenvalue weighted by Gasteiger charge is 2.22. The number of hydrogen-bond acceptors (Lipinski definition) is 6. The summed E-state index contributed by atoms with van der Waals surface area (Å²) in [7, 11) is 1.83. The van der Waals surface area contributed by atoms with E-state index in [1.165, 1.54) is 0 Å². The predicted octanol–water partition coefficient (Wildman–Crippen LogP) is 3.30. The molecule has 0 spiro atoms. The molecule has 0 aromatic carbocycles. The Bertz CT molecular complexity index is 890. The lowest BCUT2D eigenvalue weighted by Crippen LogP contribution is -2.32. The van der Waals surface area contributed by atoms with Crippen molar-refractivity contribution in [2.75, 3.05) is 18.5 Å². The lowest BCUT2D eigenvalue weighted by molar-refractivity contribution is 0.697. The Morgan fingerprint density at radius 1 is 1.35 bits per heavy atom. The fourth-order valence-corrected chi connectivity index (χ4v) is 3.40. The zero-order valence-electron chi connectivity index (χ0n) is 15.5. The Hall–Kier alpha value is -2.47. The molecule has 2 N–H and O–H groups in total. The van der Waals surface area contributed by atoms with Crippen molar-refractivity contribution in [2.45, 2.75) is 33.7 Å². The zero-order valence-corrected chi connectivity index (χ0v) is 16.3. The first-order chi connectivity index (χ1) is 12.4. The number of hydrogen-bond donors (Lipinski definition) is 2. The molecule has 0 saturated carbocycles. The average molecular weight is 371 g/mol. The van der Waals surface area contributed by atoms with Crippen molar-refractivity contribution in [1.29, 1.82) is 5.41 Å². The van der Waals surface area contributed by atoms with E-state index in [9.17, 15) is 0 Å². The second kappa shape index (κ2) is 7.41. The number of pyridine rings is 1. The minimum Gasteiger partial charge on any atom is -0.393 e. The summed E-state index contributed by atoms with van der Waals surface area (Å²) in [4.78, 5) is 15.5. The van der Waals surface area contributed by atoms with E-state index in [2.05, 4.69) is 31.2 Å². The molecule has 0 saturated heterocycles. The first-order valence-corrected chi connectivity index (χ1v) is 8.95. The third kappa shape index (κ3) is 3.55. The molecule has 3 heterocycles. The zero-order chi connectivity index (χ0) is 18.8. The molecular formula is C19H23ClN6. The summed E-state index contributed by atoms with van der Waals surface area (Å²) < 4.78 is 0. The minimum atomic E-state index is 0.277. The molecule has 0 bridgehead atoms. The van der Waals surface area contributed by atoms with Crippen LogP contribution < -0.4 is 10.2 Å². The molecule has 2 aromatic rings. The molecule has 7 heteroatoms. The van der Waals surface area contributed by atoms with Crippen molar-refractivity contribution in [2.24, 2.45) is 0 Å². The molecule has 3 rings (SSSR count). The van der Waals surface area contributed by atoms with Gasteiger partial charge in [0.05, 0.1) is 0 Å². The number of allylic oxidation sites excluding steroid dienone is 1. The van der Waals surface area contributed by atoms with Gasteiger partial charge in [0.25, 0.3) is 0 Å². The van der Waals surface area contributed by atoms with Crippen molar-refractivity contribution >= 4 is 28.7 Å². The molecule has 26 heavy (non-hydrogen) atoms. The van der Waals surface area contributed by atoms with Crippen LogP contribution in [0.2, 0.25) is 5.28 Å². The van der Waals surface area contributed by atoms with Gasteiger partial charge in [-0.05, 0) is 44.0 Å². The largest absolute Gasteiger partial charge is 0.393 e. The number of nitrogens with one attached hydrogen (secondary N) is 2. The number of halogens is 1. The third-order valence-electron chi connectivity index (χ3n) is 4.68. The average Bonchev–Trinajstić information content (AvgIpc) is 2.61. The van der Waals surface area contributed by atoms with E-state index >= 15 is 0 Å². The van der Waals surface area contributed by atoms with Crippen LogP contribution in [0.25, 0.3) is 5.57 Å². The third-order valence-corrected chi connectivity index (χ3v) is 4.85. The standard InChI is InChI=1S/C19H23ClN6/c1-11-13(3)24-19(20)25-18(11)26-6-5-17-15(10-26)7-14(8-23-17)16(9-22-4)12(2)21/h7-9,21-22H,5-6,10H2,1-4H3/b16-9+,21-12?. The van der Waals surface area contributed by atoms with E-state index < -0.39 is 0 Å². The Kier molecular flexibility index (Phi) is 5.23. The van der Waals surface area contributed by atoms with Crippen LogP contribution in [-0.2, 0) is 13.0 Å². The van der Waals surface area contributed by atoms with E-state index in [4.69, 9.17) is 17.0 Å². The van der Waals surface area contributed by atoms with Gasteiger partial charge in [-0.1, -0.05) is 0 Å². The summed E-state index contributed by atoms with van der Waals surface area (Å²) in [6, 6.07) is 2.13. The summed E-state index contributed by atoms with van der Waals surface area (Å²) in [6.45, 7) is 7.32. The smallest absolute Gasteiger partial charge is 0.224 e. The SMILES string of the molecule is CN/C=C(\C(C)=N)c1cnc2c(c1)CN(c1nc(Cl)nc(C)c1C)CC2. The second-order valence-electron chi connectivity index (χ2n) is 6.50. The number of rotatable bonds is 4. The van der Waals surface area contributed by atoms with Gasteiger partial charge in [-0.15, -0.1) is 0 Å². The van der Waals surface area contributed by atoms with Crippen molar-refractivity contribution in [3.05, 3.63) is 51.8 Å². The van der Waals surface area contributed by atoms with Crippen LogP contribution >= 0.6 is 11.6 Å². The van der Waals surface area contributed by atoms with Gasteiger partial charge in [-0.25, -0.2) is 9.97 Å². The predicted molar refractivity (Wildman–Crippen MR) is 106 cm³/mol. The highest BCUT2D eigenvalue weighted by Crippen LogP contribution is 2.28. The van der Waals surface area contributed by atoms with Gasteiger partial charge in [-0.3, -0.25) is 4.98 Å². The molecule has 1 aliphatic heterocycles. The summed E-state index contributed by atoms with van der Waals surface area (Å²) in [5.41, 5.74) is 6.50. The Morgan fingerprint density at radius 2 is 2.12 bits per heavy atom. The maximum absolute atomic E-state index is 8.00. The van der Waals surface area contributed by atoms with Gasteiger partial charge in [0.1, 0.15) is 5.82 Å². The van der Waals surface area contributed by atoms with Crippen LogP contribution in [0, 0.1) is 19.3 Å². The van der Waals surface area contributed by atoms with Crippen LogP contribution in [-0.4, -0.2) is 34.3 Å². The quantitative estimate of drug-likeness (QED) is 0.637. The van der Waals surface area contributed by atoms with Gasteiger partial charge in [0, 0.05) is 72.8 Å². The molecule has 0 atom stereocenters. The molecule has 0 unspecified atom stereocenters. The van der Waals surface area contributed by atoms with Crippen molar-refractivity contribution < 1.29 is 0 Å². The van der Waals surface area contributed by atoms with E-state index in [-0.39, 0.29) is 5.28 Å². The lowest BCUT2D eigenvalue weighted by atomic mass is 9.98. The monoisotopic (exact) mass is 370 g/mol. The Balaban J connectivity index is 1.96. The normalized spacial score (nSPS) is 14.2. The van der Waals surface area contributed by atoms with Gasteiger partial charge in [0.2, 0.25) is 5.28 Å². The first kappa shape index (κ1) is 18.3. The van der Waals surface area contributed by atoms with Crippen LogP contribution in [0.1, 0.15) is 35.0 Å². The molecule has 6 nitrogen and oxygen atoms in total. The van der Waals surface area contributed by atoms with E-state index in [0.717, 1.165) is 52.4 Å². The van der Waals surface area contributed by atoms with Crippen LogP contribution in [0.3, 0.4) is 0 Å². The van der Waals surface area contributed by atoms with Crippen molar-refractivity contribution in [3.8, 4) is 0 Å². The highest BCUT2D eigenvalue weighted by molar-refractivity contribution is 6.28. The van der Waals surface area contributed by atoms with Crippen LogP contribution in [0.5, 0.6) is 0 Å². The molecule has 2 aromatic heterocycles. The number of nitrogens with zero attached hydrogens (tertiary/aromatic N) is 4. The topological polar surface area (TPSA) is 77.8 Å². The van der Waals surface area contributed by atoms with Gasteiger partial charge < -0.3 is 15.6 Å². The lowest BCUT2D eigenvalue weighted by Gasteiger charge is -2.31. The van der Waals surface area contributed by atoms with Gasteiger partial charge >= 0.3 is 0 Å². The molecule has 0 aliphatic carbocycles. The molecule has 1 aliphatic rings. The summed E-state index contributed by atoms with van der Waals surface area (Å²) >= 11 is 6.08. The molecule has 0 fully saturated rings. The minimum absolute atomic E-state index is 0.277. The van der Waals surface area contributed by atoms with Crippen molar-refractivity contribution in [3.63, 3.8) is 0 Å². The molecule has 0 radical (unpaired) electrons. The van der Waals surface area contributed by atoms with E-state index in [1.807, 2.05) is 33.3 Å². The number of fused-ring (bicyclic) bond motifs is 1. The van der Waals surface area contributed by atoms with Crippen LogP contribution in [0.15, 0.2) is 18.5 Å². The van der Waals surface area contributed by atoms with E-state index in [0.29, 0.717) is 12.3 Å². The fraction of sp³-hybridized carbons (Fsp3) is 0.368. The maximum Gasteiger partial charge on any atom is 0.224 e. The Morgan fingerprint density at radius 3 is 2.81 bits per heavy atom. The molecule has 136 valence electrons. The van der Waals surface area contributed by atoms with Gasteiger partial charge in [-0.2, -0.15) is 0 Å². The summed E-state index contributed by atoms with van der Waals surface area (Å²) in [5.74, 6) is 0.882.